The average molecular weight is 329 g/mol. The van der Waals surface area contributed by atoms with Crippen molar-refractivity contribution in [2.75, 3.05) is 0 Å². The summed E-state index contributed by atoms with van der Waals surface area (Å²) in [7, 11) is 0. The van der Waals surface area contributed by atoms with Crippen LogP contribution in [0.25, 0.3) is 0 Å². The molecule has 6 aliphatic rings. The maximum atomic E-state index is 5.69. The molecular weight excluding hydrogens is 292 g/mol. The molecule has 1 saturated heterocycles. The molecular formula is C23H36O. The first kappa shape index (κ1) is 15.1. The largest absolute Gasteiger partial charge is 0.370 e. The van der Waals surface area contributed by atoms with Gasteiger partial charge in [0, 0.05) is 0 Å². The summed E-state index contributed by atoms with van der Waals surface area (Å²) in [4.78, 5) is 0. The first-order valence-corrected chi connectivity index (χ1v) is 11.5. The second-order valence-corrected chi connectivity index (χ2v) is 10.7. The molecule has 10 unspecified atom stereocenters. The van der Waals surface area contributed by atoms with E-state index in [1.807, 2.05) is 0 Å². The minimum atomic E-state index is 0.687. The van der Waals surface area contributed by atoms with Gasteiger partial charge in [0.1, 0.15) is 0 Å². The van der Waals surface area contributed by atoms with Gasteiger partial charge in [-0.05, 0) is 98.7 Å². The zero-order chi connectivity index (χ0) is 15.7. The molecule has 0 spiro atoms. The Hall–Kier alpha value is -0.0400. The fraction of sp³-hybridized carbons (Fsp3) is 1.00. The summed E-state index contributed by atoms with van der Waals surface area (Å²) in [5.41, 5.74) is 0. The molecule has 0 amide bonds. The molecule has 24 heavy (non-hydrogen) atoms. The van der Waals surface area contributed by atoms with Crippen molar-refractivity contribution < 1.29 is 4.74 Å². The van der Waals surface area contributed by atoms with Crippen LogP contribution in [0.4, 0.5) is 0 Å². The Balaban J connectivity index is 0.942. The van der Waals surface area contributed by atoms with Gasteiger partial charge in [-0.1, -0.05) is 32.1 Å². The zero-order valence-electron chi connectivity index (χ0n) is 15.4. The number of fused-ring (bicyclic) bond motifs is 10. The summed E-state index contributed by atoms with van der Waals surface area (Å²) >= 11 is 0. The Morgan fingerprint density at radius 1 is 0.625 bits per heavy atom. The van der Waals surface area contributed by atoms with E-state index in [1.54, 1.807) is 38.5 Å². The van der Waals surface area contributed by atoms with Gasteiger partial charge in [0.05, 0.1) is 12.2 Å². The van der Waals surface area contributed by atoms with Crippen LogP contribution in [0.2, 0.25) is 0 Å². The van der Waals surface area contributed by atoms with E-state index in [4.69, 9.17) is 4.74 Å². The van der Waals surface area contributed by atoms with E-state index in [2.05, 4.69) is 0 Å². The van der Waals surface area contributed by atoms with E-state index in [0.29, 0.717) is 12.2 Å². The minimum absolute atomic E-state index is 0.687. The maximum absolute atomic E-state index is 5.69. The lowest BCUT2D eigenvalue weighted by atomic mass is 9.66. The molecule has 5 saturated carbocycles. The van der Waals surface area contributed by atoms with Gasteiger partial charge in [-0.2, -0.15) is 0 Å². The van der Waals surface area contributed by atoms with E-state index < -0.39 is 0 Å². The van der Waals surface area contributed by atoms with Crippen molar-refractivity contribution in [1.29, 1.82) is 0 Å². The smallest absolute Gasteiger partial charge is 0.0844 e. The van der Waals surface area contributed by atoms with Crippen LogP contribution in [0.5, 0.6) is 0 Å². The maximum Gasteiger partial charge on any atom is 0.0844 e. The van der Waals surface area contributed by atoms with Crippen LogP contribution in [0.15, 0.2) is 0 Å². The topological polar surface area (TPSA) is 12.5 Å². The lowest BCUT2D eigenvalue weighted by Gasteiger charge is -2.38. The van der Waals surface area contributed by atoms with Gasteiger partial charge in [-0.3, -0.25) is 0 Å². The molecule has 0 aromatic rings. The first-order valence-electron chi connectivity index (χ1n) is 11.5. The van der Waals surface area contributed by atoms with Crippen LogP contribution in [0.3, 0.4) is 0 Å². The van der Waals surface area contributed by atoms with Crippen LogP contribution in [0.1, 0.15) is 83.5 Å². The average Bonchev–Trinajstić information content (AvgIpc) is 3.01. The third-order valence-electron chi connectivity index (χ3n) is 9.67. The summed E-state index contributed by atoms with van der Waals surface area (Å²) in [6.45, 7) is 0. The Labute approximate surface area is 148 Å². The summed E-state index contributed by atoms with van der Waals surface area (Å²) < 4.78 is 5.69. The van der Waals surface area contributed by atoms with Crippen molar-refractivity contribution in [3.8, 4) is 0 Å². The van der Waals surface area contributed by atoms with Gasteiger partial charge >= 0.3 is 0 Å². The lowest BCUT2D eigenvalue weighted by molar-refractivity contribution is 0.0996. The number of hydrogen-bond donors (Lipinski definition) is 0. The Bertz CT molecular complexity index is 486. The highest BCUT2D eigenvalue weighted by atomic mass is 16.6. The highest BCUT2D eigenvalue weighted by molar-refractivity contribution is 5.10. The summed E-state index contributed by atoms with van der Waals surface area (Å²) in [5.74, 6) is 9.29. The normalized spacial score (nSPS) is 56.5. The van der Waals surface area contributed by atoms with Crippen molar-refractivity contribution in [1.82, 2.24) is 0 Å². The summed E-state index contributed by atoms with van der Waals surface area (Å²) in [6.07, 6.45) is 21.4. The number of hydrogen-bond acceptors (Lipinski definition) is 1. The van der Waals surface area contributed by atoms with Crippen molar-refractivity contribution in [3.05, 3.63) is 0 Å². The van der Waals surface area contributed by atoms with Crippen molar-refractivity contribution >= 4 is 0 Å². The number of unbranched alkanes of at least 4 members (excludes halogenated alkanes) is 2. The predicted octanol–water partition coefficient (Wildman–Crippen LogP) is 5.82. The molecule has 1 heteroatoms. The van der Waals surface area contributed by atoms with Crippen LogP contribution in [-0.2, 0) is 4.74 Å². The zero-order valence-corrected chi connectivity index (χ0v) is 15.4. The van der Waals surface area contributed by atoms with Gasteiger partial charge in [-0.15, -0.1) is 0 Å². The van der Waals surface area contributed by atoms with Crippen molar-refractivity contribution in [2.45, 2.75) is 95.7 Å². The monoisotopic (exact) mass is 328 g/mol. The second kappa shape index (κ2) is 5.73. The van der Waals surface area contributed by atoms with E-state index in [9.17, 15) is 0 Å². The van der Waals surface area contributed by atoms with Crippen LogP contribution >= 0.6 is 0 Å². The minimum Gasteiger partial charge on any atom is -0.370 e. The van der Waals surface area contributed by atoms with Crippen LogP contribution in [0, 0.1) is 47.3 Å². The predicted molar refractivity (Wildman–Crippen MR) is 96.6 cm³/mol. The fourth-order valence-corrected chi connectivity index (χ4v) is 8.80. The van der Waals surface area contributed by atoms with Crippen LogP contribution < -0.4 is 0 Å². The van der Waals surface area contributed by atoms with Gasteiger partial charge < -0.3 is 4.74 Å². The molecule has 0 aromatic heterocycles. The summed E-state index contributed by atoms with van der Waals surface area (Å²) in [5, 5.41) is 0. The first-order chi connectivity index (χ1) is 11.9. The molecule has 1 aliphatic heterocycles. The van der Waals surface area contributed by atoms with Gasteiger partial charge in [0.25, 0.3) is 0 Å². The molecule has 4 bridgehead atoms. The molecule has 1 heterocycles. The molecule has 6 rings (SSSR count). The van der Waals surface area contributed by atoms with Crippen molar-refractivity contribution in [3.63, 3.8) is 0 Å². The van der Waals surface area contributed by atoms with E-state index >= 15 is 0 Å². The third-order valence-corrected chi connectivity index (χ3v) is 9.67. The number of rotatable bonds is 6. The second-order valence-electron chi connectivity index (χ2n) is 10.7. The molecule has 5 aliphatic carbocycles. The molecule has 0 aromatic carbocycles. The highest BCUT2D eigenvalue weighted by Crippen LogP contribution is 2.69. The molecule has 0 radical (unpaired) electrons. The molecule has 1 nitrogen and oxygen atoms in total. The Morgan fingerprint density at radius 2 is 1.50 bits per heavy atom. The fourth-order valence-electron chi connectivity index (χ4n) is 8.80. The standard InChI is InChI=1S/C23H36O/c1(2-4-14-6-9-20-21(10-14)24-20)3-5-15-11-18-13-19(15)23-17-8-7-16(12-17)22(18)23/h14-23H,1-13H2. The summed E-state index contributed by atoms with van der Waals surface area (Å²) in [6, 6.07) is 0. The molecule has 6 fully saturated rings. The number of ether oxygens (including phenoxy) is 1. The quantitative estimate of drug-likeness (QED) is 0.340. The Kier molecular flexibility index (Phi) is 3.60. The molecule has 0 N–H and O–H groups in total. The molecule has 10 atom stereocenters. The number of epoxide rings is 1. The Morgan fingerprint density at radius 3 is 2.42 bits per heavy atom. The third kappa shape index (κ3) is 2.36. The highest BCUT2D eigenvalue weighted by Gasteiger charge is 2.61. The van der Waals surface area contributed by atoms with E-state index in [0.717, 1.165) is 11.8 Å². The SMILES string of the molecule is C(CCC1CCC2OC2C1)CCC1CC2CC1C1C3CCC(C3)C21. The van der Waals surface area contributed by atoms with Crippen molar-refractivity contribution in [2.24, 2.45) is 47.3 Å². The van der Waals surface area contributed by atoms with Gasteiger partial charge in [0.2, 0.25) is 0 Å². The molecule has 134 valence electrons. The van der Waals surface area contributed by atoms with Gasteiger partial charge in [0.15, 0.2) is 0 Å². The lowest BCUT2D eigenvalue weighted by Crippen LogP contribution is -2.32. The van der Waals surface area contributed by atoms with E-state index in [-0.39, 0.29) is 0 Å². The van der Waals surface area contributed by atoms with E-state index in [1.165, 1.54) is 80.5 Å². The van der Waals surface area contributed by atoms with Crippen LogP contribution in [-0.4, -0.2) is 12.2 Å². The van der Waals surface area contributed by atoms with Gasteiger partial charge in [-0.25, -0.2) is 0 Å².